The molecule has 2 nitrogen and oxygen atoms in total. The number of nitrogens with zero attached hydrogens (tertiary/aromatic N) is 1. The molecular formula is C19H18BrNO. The van der Waals surface area contributed by atoms with Crippen molar-refractivity contribution in [1.82, 2.24) is 0 Å². The molecule has 0 atom stereocenters. The van der Waals surface area contributed by atoms with Gasteiger partial charge in [-0.1, -0.05) is 40.2 Å². The molecule has 0 radical (unpaired) electrons. The fourth-order valence-electron chi connectivity index (χ4n) is 3.08. The SMILES string of the molecule is CC1=CC(C)(C)N(C(=O)c2ccc(Br)cc2)c2ccccc21. The van der Waals surface area contributed by atoms with Crippen LogP contribution in [0.3, 0.4) is 0 Å². The van der Waals surface area contributed by atoms with E-state index in [1.165, 1.54) is 5.57 Å². The standard InChI is InChI=1S/C19H18BrNO/c1-13-12-19(2,3)21(17-7-5-4-6-16(13)17)18(22)14-8-10-15(20)11-9-14/h4-12H,1-3H3. The molecule has 0 N–H and O–H groups in total. The Morgan fingerprint density at radius 3 is 2.36 bits per heavy atom. The van der Waals surface area contributed by atoms with Crippen LogP contribution in [0.2, 0.25) is 0 Å². The first-order chi connectivity index (χ1) is 10.4. The number of hydrogen-bond donors (Lipinski definition) is 0. The number of para-hydroxylation sites is 1. The van der Waals surface area contributed by atoms with Crippen molar-refractivity contribution in [3.63, 3.8) is 0 Å². The summed E-state index contributed by atoms with van der Waals surface area (Å²) >= 11 is 3.41. The van der Waals surface area contributed by atoms with Crippen LogP contribution < -0.4 is 4.90 Å². The molecule has 0 fully saturated rings. The highest BCUT2D eigenvalue weighted by Crippen LogP contribution is 2.39. The van der Waals surface area contributed by atoms with Crippen LogP contribution in [0, 0.1) is 0 Å². The van der Waals surface area contributed by atoms with E-state index in [9.17, 15) is 4.79 Å². The van der Waals surface area contributed by atoms with Crippen LogP contribution in [0.15, 0.2) is 59.1 Å². The molecule has 1 aliphatic heterocycles. The summed E-state index contributed by atoms with van der Waals surface area (Å²) in [4.78, 5) is 15.0. The summed E-state index contributed by atoms with van der Waals surface area (Å²) in [6, 6.07) is 15.6. The van der Waals surface area contributed by atoms with Gasteiger partial charge in [0.25, 0.3) is 5.91 Å². The van der Waals surface area contributed by atoms with Crippen LogP contribution in [0.4, 0.5) is 5.69 Å². The Hall–Kier alpha value is -1.87. The van der Waals surface area contributed by atoms with E-state index in [1.54, 1.807) is 0 Å². The van der Waals surface area contributed by atoms with Crippen molar-refractivity contribution in [1.29, 1.82) is 0 Å². The average molecular weight is 356 g/mol. The van der Waals surface area contributed by atoms with Gasteiger partial charge in [0, 0.05) is 15.6 Å². The zero-order valence-electron chi connectivity index (χ0n) is 12.9. The second-order valence-electron chi connectivity index (χ2n) is 6.15. The molecule has 3 rings (SSSR count). The van der Waals surface area contributed by atoms with E-state index in [1.807, 2.05) is 47.4 Å². The third-order valence-corrected chi connectivity index (χ3v) is 4.54. The number of halogens is 1. The normalized spacial score (nSPS) is 16.0. The van der Waals surface area contributed by atoms with Gasteiger partial charge in [-0.25, -0.2) is 0 Å². The lowest BCUT2D eigenvalue weighted by atomic mass is 9.88. The maximum Gasteiger partial charge on any atom is 0.259 e. The van der Waals surface area contributed by atoms with Crippen molar-refractivity contribution in [2.24, 2.45) is 0 Å². The van der Waals surface area contributed by atoms with Crippen LogP contribution in [-0.2, 0) is 0 Å². The molecule has 0 unspecified atom stereocenters. The molecule has 0 bridgehead atoms. The van der Waals surface area contributed by atoms with Gasteiger partial charge >= 0.3 is 0 Å². The fraction of sp³-hybridized carbons (Fsp3) is 0.211. The Bertz CT molecular complexity index is 759. The summed E-state index contributed by atoms with van der Waals surface area (Å²) < 4.78 is 0.970. The number of carbonyl (C=O) groups excluding carboxylic acids is 1. The van der Waals surface area contributed by atoms with E-state index < -0.39 is 0 Å². The predicted molar refractivity (Wildman–Crippen MR) is 95.1 cm³/mol. The molecular weight excluding hydrogens is 338 g/mol. The summed E-state index contributed by atoms with van der Waals surface area (Å²) in [6.45, 7) is 6.24. The molecule has 0 spiro atoms. The highest BCUT2D eigenvalue weighted by Gasteiger charge is 2.35. The molecule has 2 aromatic rings. The van der Waals surface area contributed by atoms with E-state index >= 15 is 0 Å². The molecule has 0 saturated heterocycles. The predicted octanol–water partition coefficient (Wildman–Crippen LogP) is 5.29. The number of benzene rings is 2. The smallest absolute Gasteiger partial charge is 0.259 e. The lowest BCUT2D eigenvalue weighted by Crippen LogP contribution is -2.48. The first-order valence-corrected chi connectivity index (χ1v) is 8.08. The van der Waals surface area contributed by atoms with E-state index in [0.717, 1.165) is 15.7 Å². The average Bonchev–Trinajstić information content (AvgIpc) is 2.47. The number of fused-ring (bicyclic) bond motifs is 1. The van der Waals surface area contributed by atoms with Crippen LogP contribution in [-0.4, -0.2) is 11.4 Å². The van der Waals surface area contributed by atoms with Crippen molar-refractivity contribution in [3.8, 4) is 0 Å². The van der Waals surface area contributed by atoms with Gasteiger partial charge in [0.05, 0.1) is 11.2 Å². The van der Waals surface area contributed by atoms with Gasteiger partial charge in [0.15, 0.2) is 0 Å². The molecule has 0 saturated carbocycles. The minimum absolute atomic E-state index is 0.0219. The summed E-state index contributed by atoms with van der Waals surface area (Å²) in [5.41, 5.74) is 3.63. The maximum atomic E-state index is 13.1. The van der Waals surface area contributed by atoms with Crippen molar-refractivity contribution < 1.29 is 4.79 Å². The molecule has 0 aliphatic carbocycles. The highest BCUT2D eigenvalue weighted by molar-refractivity contribution is 9.10. The van der Waals surface area contributed by atoms with E-state index in [2.05, 4.69) is 48.8 Å². The third-order valence-electron chi connectivity index (χ3n) is 4.01. The van der Waals surface area contributed by atoms with Gasteiger partial charge in [-0.3, -0.25) is 9.69 Å². The van der Waals surface area contributed by atoms with Crippen LogP contribution in [0.1, 0.15) is 36.7 Å². The molecule has 3 heteroatoms. The summed E-state index contributed by atoms with van der Waals surface area (Å²) in [5.74, 6) is 0.0219. The molecule has 1 heterocycles. The number of amides is 1. The summed E-state index contributed by atoms with van der Waals surface area (Å²) in [6.07, 6.45) is 2.16. The van der Waals surface area contributed by atoms with Crippen LogP contribution in [0.25, 0.3) is 5.57 Å². The summed E-state index contributed by atoms with van der Waals surface area (Å²) in [7, 11) is 0. The molecule has 1 aliphatic rings. The second kappa shape index (κ2) is 5.40. The zero-order valence-corrected chi connectivity index (χ0v) is 14.5. The van der Waals surface area contributed by atoms with Crippen molar-refractivity contribution >= 4 is 33.1 Å². The molecule has 1 amide bonds. The largest absolute Gasteiger partial charge is 0.299 e. The number of allylic oxidation sites excluding steroid dienone is 1. The van der Waals surface area contributed by atoms with E-state index in [-0.39, 0.29) is 11.4 Å². The van der Waals surface area contributed by atoms with Gasteiger partial charge < -0.3 is 0 Å². The third kappa shape index (κ3) is 2.50. The van der Waals surface area contributed by atoms with Gasteiger partial charge in [-0.15, -0.1) is 0 Å². The Kier molecular flexibility index (Phi) is 3.69. The second-order valence-corrected chi connectivity index (χ2v) is 7.06. The van der Waals surface area contributed by atoms with E-state index in [0.29, 0.717) is 5.56 Å². The van der Waals surface area contributed by atoms with Crippen molar-refractivity contribution in [3.05, 3.63) is 70.2 Å². The zero-order chi connectivity index (χ0) is 15.9. The van der Waals surface area contributed by atoms with Gasteiger partial charge in [0.2, 0.25) is 0 Å². The fourth-order valence-corrected chi connectivity index (χ4v) is 3.34. The Labute approximate surface area is 139 Å². The molecule has 0 aromatic heterocycles. The van der Waals surface area contributed by atoms with Crippen LogP contribution in [0.5, 0.6) is 0 Å². The Morgan fingerprint density at radius 1 is 1.05 bits per heavy atom. The monoisotopic (exact) mass is 355 g/mol. The highest BCUT2D eigenvalue weighted by atomic mass is 79.9. The molecule has 22 heavy (non-hydrogen) atoms. The summed E-state index contributed by atoms with van der Waals surface area (Å²) in [5, 5.41) is 0. The number of rotatable bonds is 1. The topological polar surface area (TPSA) is 20.3 Å². The lowest BCUT2D eigenvalue weighted by Gasteiger charge is -2.41. The van der Waals surface area contributed by atoms with Gasteiger partial charge in [0.1, 0.15) is 0 Å². The van der Waals surface area contributed by atoms with E-state index in [4.69, 9.17) is 0 Å². The Balaban J connectivity index is 2.12. The Morgan fingerprint density at radius 2 is 1.68 bits per heavy atom. The maximum absolute atomic E-state index is 13.1. The molecule has 2 aromatic carbocycles. The minimum Gasteiger partial charge on any atom is -0.299 e. The van der Waals surface area contributed by atoms with Gasteiger partial charge in [-0.05, 0) is 56.7 Å². The van der Waals surface area contributed by atoms with Crippen molar-refractivity contribution in [2.75, 3.05) is 4.90 Å². The number of carbonyl (C=O) groups is 1. The van der Waals surface area contributed by atoms with Crippen molar-refractivity contribution in [2.45, 2.75) is 26.3 Å². The molecule has 112 valence electrons. The number of hydrogen-bond acceptors (Lipinski definition) is 1. The first-order valence-electron chi connectivity index (χ1n) is 7.29. The van der Waals surface area contributed by atoms with Crippen LogP contribution >= 0.6 is 15.9 Å². The minimum atomic E-state index is -0.359. The lowest BCUT2D eigenvalue weighted by molar-refractivity contribution is 0.0970. The van der Waals surface area contributed by atoms with Gasteiger partial charge in [-0.2, -0.15) is 0 Å². The quantitative estimate of drug-likeness (QED) is 0.680. The number of anilines is 1. The first kappa shape index (κ1) is 15.0.